The van der Waals surface area contributed by atoms with E-state index in [1.54, 1.807) is 10.9 Å². The van der Waals surface area contributed by atoms with Crippen LogP contribution in [0.4, 0.5) is 0 Å². The van der Waals surface area contributed by atoms with Crippen LogP contribution in [0.1, 0.15) is 70.4 Å². The molecule has 0 aliphatic heterocycles. The highest BCUT2D eigenvalue weighted by Crippen LogP contribution is 2.13. The fraction of sp³-hybridized carbons (Fsp3) is 0.609. The maximum absolute atomic E-state index is 12.4. The second kappa shape index (κ2) is 12.0. The molecule has 170 valence electrons. The van der Waals surface area contributed by atoms with Crippen molar-refractivity contribution in [3.8, 4) is 0 Å². The van der Waals surface area contributed by atoms with Gasteiger partial charge in [0.05, 0.1) is 34.6 Å². The van der Waals surface area contributed by atoms with Gasteiger partial charge in [0.2, 0.25) is 0 Å². The van der Waals surface area contributed by atoms with Crippen molar-refractivity contribution in [2.45, 2.75) is 83.6 Å². The molecule has 0 bridgehead atoms. The van der Waals surface area contributed by atoms with Gasteiger partial charge in [-0.25, -0.2) is 13.4 Å². The normalized spacial score (nSPS) is 12.0. The number of para-hydroxylation sites is 2. The second-order valence-electron chi connectivity index (χ2n) is 8.32. The van der Waals surface area contributed by atoms with Crippen molar-refractivity contribution >= 4 is 20.9 Å². The van der Waals surface area contributed by atoms with Crippen molar-refractivity contribution in [3.63, 3.8) is 0 Å². The van der Waals surface area contributed by atoms with E-state index >= 15 is 0 Å². The van der Waals surface area contributed by atoms with Crippen molar-refractivity contribution in [2.24, 2.45) is 0 Å². The quantitative estimate of drug-likeness (QED) is 0.315. The van der Waals surface area contributed by atoms with Crippen molar-refractivity contribution in [1.29, 1.82) is 0 Å². The first-order valence-electron chi connectivity index (χ1n) is 11.6. The van der Waals surface area contributed by atoms with Crippen LogP contribution < -0.4 is 0 Å². The van der Waals surface area contributed by atoms with Crippen LogP contribution in [-0.4, -0.2) is 38.7 Å². The Kier molecular flexibility index (Phi) is 9.06. The zero-order valence-electron chi connectivity index (χ0n) is 18.6. The van der Waals surface area contributed by atoms with Gasteiger partial charge in [0, 0.05) is 19.3 Å². The Balaban J connectivity index is 1.36. The molecule has 3 rings (SSSR count). The van der Waals surface area contributed by atoms with Gasteiger partial charge < -0.3 is 4.57 Å². The van der Waals surface area contributed by atoms with Gasteiger partial charge in [0.15, 0.2) is 9.84 Å². The molecule has 7 nitrogen and oxygen atoms in total. The highest BCUT2D eigenvalue weighted by Gasteiger charge is 2.14. The Morgan fingerprint density at radius 1 is 0.903 bits per heavy atom. The number of unbranched alkanes of at least 4 members (excludes halogenated alkanes) is 7. The minimum absolute atomic E-state index is 0.0182. The summed E-state index contributed by atoms with van der Waals surface area (Å²) in [5.74, 6) is 0.220. The van der Waals surface area contributed by atoms with E-state index in [4.69, 9.17) is 0 Å². The molecule has 1 aromatic carbocycles. The lowest BCUT2D eigenvalue weighted by atomic mass is 10.1. The lowest BCUT2D eigenvalue weighted by Gasteiger charge is -2.04. The van der Waals surface area contributed by atoms with Gasteiger partial charge in [0.1, 0.15) is 0 Å². The maximum Gasteiger partial charge on any atom is 0.156 e. The van der Waals surface area contributed by atoms with E-state index < -0.39 is 9.84 Å². The van der Waals surface area contributed by atoms with Crippen LogP contribution in [-0.2, 0) is 28.7 Å². The monoisotopic (exact) mass is 445 g/mol. The molecule has 0 atom stereocenters. The topological polar surface area (TPSA) is 82.7 Å². The molecule has 8 heteroatoms. The third-order valence-corrected chi connectivity index (χ3v) is 7.22. The summed E-state index contributed by atoms with van der Waals surface area (Å²) in [5, 5.41) is 8.17. The number of sulfone groups is 1. The molecule has 3 aromatic rings. The summed E-state index contributed by atoms with van der Waals surface area (Å²) < 4.78 is 28.6. The average Bonchev–Trinajstić information content (AvgIpc) is 3.37. The van der Waals surface area contributed by atoms with Crippen LogP contribution >= 0.6 is 0 Å². The molecule has 0 aliphatic rings. The lowest BCUT2D eigenvalue weighted by Crippen LogP contribution is -2.09. The number of aryl methyl sites for hydroxylation is 2. The average molecular weight is 446 g/mol. The molecule has 0 saturated carbocycles. The highest BCUT2D eigenvalue weighted by molar-refractivity contribution is 7.90. The van der Waals surface area contributed by atoms with E-state index in [-0.39, 0.29) is 11.5 Å². The largest absolute Gasteiger partial charge is 0.331 e. The van der Waals surface area contributed by atoms with Gasteiger partial charge in [0.25, 0.3) is 0 Å². The summed E-state index contributed by atoms with van der Waals surface area (Å²) in [7, 11) is -3.13. The van der Waals surface area contributed by atoms with Gasteiger partial charge >= 0.3 is 0 Å². The molecule has 2 aromatic heterocycles. The molecule has 0 N–H and O–H groups in total. The summed E-state index contributed by atoms with van der Waals surface area (Å²) in [5.41, 5.74) is 2.65. The first kappa shape index (κ1) is 23.4. The molecule has 2 heterocycles. The van der Waals surface area contributed by atoms with Crippen LogP contribution in [0.15, 0.2) is 36.8 Å². The Morgan fingerprint density at radius 3 is 2.45 bits per heavy atom. The predicted molar refractivity (Wildman–Crippen MR) is 124 cm³/mol. The Hall–Kier alpha value is -2.22. The predicted octanol–water partition coefficient (Wildman–Crippen LogP) is 4.77. The molecule has 0 amide bonds. The first-order chi connectivity index (χ1) is 15.1. The molecule has 0 saturated heterocycles. The minimum Gasteiger partial charge on any atom is -0.331 e. The van der Waals surface area contributed by atoms with Gasteiger partial charge in [-0.15, -0.1) is 5.10 Å². The van der Waals surface area contributed by atoms with Gasteiger partial charge in [-0.05, 0) is 25.0 Å². The van der Waals surface area contributed by atoms with Crippen molar-refractivity contribution in [1.82, 2.24) is 24.5 Å². The van der Waals surface area contributed by atoms with E-state index in [0.29, 0.717) is 12.2 Å². The number of benzene rings is 1. The van der Waals surface area contributed by atoms with E-state index in [1.165, 1.54) is 32.1 Å². The van der Waals surface area contributed by atoms with Crippen molar-refractivity contribution in [2.75, 3.05) is 5.75 Å². The highest BCUT2D eigenvalue weighted by atomic mass is 32.2. The summed E-state index contributed by atoms with van der Waals surface area (Å²) in [4.78, 5) is 4.40. The zero-order valence-corrected chi connectivity index (χ0v) is 19.4. The standard InChI is InChI=1S/C23H35N5O2S/c1-2-3-4-5-6-7-8-11-17-31(29,30)19-21-18-28(26-25-21)16-12-15-27-20-24-22-13-9-10-14-23(22)27/h9-10,13-14,18,20H,2-8,11-12,15-17,19H2,1H3. The van der Waals surface area contributed by atoms with Gasteiger partial charge in [-0.2, -0.15) is 0 Å². The number of imidazole rings is 1. The number of aromatic nitrogens is 5. The van der Waals surface area contributed by atoms with Gasteiger partial charge in [-0.3, -0.25) is 4.68 Å². The van der Waals surface area contributed by atoms with Crippen molar-refractivity contribution < 1.29 is 8.42 Å². The molecular weight excluding hydrogens is 410 g/mol. The molecule has 0 aliphatic carbocycles. The Morgan fingerprint density at radius 2 is 1.65 bits per heavy atom. The van der Waals surface area contributed by atoms with Crippen LogP contribution in [0.3, 0.4) is 0 Å². The third kappa shape index (κ3) is 7.76. The van der Waals surface area contributed by atoms with Crippen LogP contribution in [0.25, 0.3) is 11.0 Å². The Labute approximate surface area is 185 Å². The number of hydrogen-bond acceptors (Lipinski definition) is 5. The van der Waals surface area contributed by atoms with E-state index in [1.807, 2.05) is 24.5 Å². The third-order valence-electron chi connectivity index (χ3n) is 5.58. The fourth-order valence-electron chi connectivity index (χ4n) is 3.86. The SMILES string of the molecule is CCCCCCCCCCS(=O)(=O)Cc1cn(CCCn2cnc3ccccc32)nn1. The summed E-state index contributed by atoms with van der Waals surface area (Å²) in [6.07, 6.45) is 13.7. The molecule has 0 spiro atoms. The Bertz CT molecular complexity index is 1030. The molecule has 0 radical (unpaired) electrons. The number of fused-ring (bicyclic) bond motifs is 1. The molecule has 0 fully saturated rings. The van der Waals surface area contributed by atoms with Crippen molar-refractivity contribution in [3.05, 3.63) is 42.5 Å². The van der Waals surface area contributed by atoms with E-state index in [9.17, 15) is 8.42 Å². The second-order valence-corrected chi connectivity index (χ2v) is 10.5. The fourth-order valence-corrected chi connectivity index (χ4v) is 5.23. The molecule has 0 unspecified atom stereocenters. The summed E-state index contributed by atoms with van der Waals surface area (Å²) in [6, 6.07) is 8.06. The maximum atomic E-state index is 12.4. The minimum atomic E-state index is -3.13. The van der Waals surface area contributed by atoms with E-state index in [2.05, 4.69) is 32.9 Å². The van der Waals surface area contributed by atoms with Gasteiger partial charge in [-0.1, -0.05) is 69.2 Å². The molecule has 31 heavy (non-hydrogen) atoms. The summed E-state index contributed by atoms with van der Waals surface area (Å²) >= 11 is 0. The van der Waals surface area contributed by atoms with Crippen LogP contribution in [0, 0.1) is 0 Å². The smallest absolute Gasteiger partial charge is 0.156 e. The lowest BCUT2D eigenvalue weighted by molar-refractivity contribution is 0.519. The van der Waals surface area contributed by atoms with Crippen LogP contribution in [0.5, 0.6) is 0 Å². The number of hydrogen-bond donors (Lipinski definition) is 0. The summed E-state index contributed by atoms with van der Waals surface area (Å²) in [6.45, 7) is 3.73. The van der Waals surface area contributed by atoms with Crippen LogP contribution in [0.2, 0.25) is 0 Å². The zero-order chi connectivity index (χ0) is 21.9. The molecular formula is C23H35N5O2S. The van der Waals surface area contributed by atoms with E-state index in [0.717, 1.165) is 43.3 Å². The number of nitrogens with zero attached hydrogens (tertiary/aromatic N) is 5. The number of rotatable bonds is 15. The first-order valence-corrected chi connectivity index (χ1v) is 13.4.